The lowest BCUT2D eigenvalue weighted by Crippen LogP contribution is -2.45. The highest BCUT2D eigenvalue weighted by molar-refractivity contribution is 9.10. The van der Waals surface area contributed by atoms with Gasteiger partial charge in [0.15, 0.2) is 0 Å². The molecule has 1 saturated heterocycles. The fourth-order valence-corrected chi connectivity index (χ4v) is 5.05. The second kappa shape index (κ2) is 5.84. The van der Waals surface area contributed by atoms with Crippen molar-refractivity contribution in [3.63, 3.8) is 0 Å². The van der Waals surface area contributed by atoms with E-state index in [9.17, 15) is 0 Å². The summed E-state index contributed by atoms with van der Waals surface area (Å²) < 4.78 is 1.24. The molecule has 2 aromatic heterocycles. The van der Waals surface area contributed by atoms with Crippen molar-refractivity contribution in [1.29, 1.82) is 0 Å². The molecular weight excluding hydrogens is 328 g/mol. The number of piperazine rings is 1. The average molecular weight is 343 g/mol. The van der Waals surface area contributed by atoms with E-state index in [2.05, 4.69) is 55.1 Å². The number of hydrogen-bond acceptors (Lipinski definition) is 4. The van der Waals surface area contributed by atoms with Crippen LogP contribution in [0.3, 0.4) is 0 Å². The molecule has 0 aromatic carbocycles. The predicted octanol–water partition coefficient (Wildman–Crippen LogP) is 3.57. The summed E-state index contributed by atoms with van der Waals surface area (Å²) in [7, 11) is 0. The Morgan fingerprint density at radius 2 is 2.00 bits per heavy atom. The first-order valence-electron chi connectivity index (χ1n) is 6.07. The molecule has 3 heterocycles. The van der Waals surface area contributed by atoms with Crippen LogP contribution in [-0.2, 0) is 0 Å². The van der Waals surface area contributed by atoms with Crippen LogP contribution in [-0.4, -0.2) is 31.1 Å². The van der Waals surface area contributed by atoms with Gasteiger partial charge in [-0.15, -0.1) is 22.7 Å². The van der Waals surface area contributed by atoms with Crippen molar-refractivity contribution >= 4 is 38.6 Å². The molecule has 18 heavy (non-hydrogen) atoms. The normalized spacial score (nSPS) is 18.9. The molecule has 0 saturated carbocycles. The maximum absolute atomic E-state index is 3.69. The van der Waals surface area contributed by atoms with E-state index in [0.717, 1.165) is 26.2 Å². The smallest absolute Gasteiger partial charge is 0.0802 e. The molecule has 3 rings (SSSR count). The highest BCUT2D eigenvalue weighted by atomic mass is 79.9. The molecule has 1 aliphatic rings. The van der Waals surface area contributed by atoms with Crippen LogP contribution >= 0.6 is 38.6 Å². The van der Waals surface area contributed by atoms with Crippen LogP contribution in [0.2, 0.25) is 0 Å². The molecular formula is C13H15BrN2S2. The Morgan fingerprint density at radius 3 is 2.61 bits per heavy atom. The van der Waals surface area contributed by atoms with Crippen molar-refractivity contribution in [2.45, 2.75) is 6.04 Å². The maximum atomic E-state index is 3.69. The fraction of sp³-hybridized carbons (Fsp3) is 0.385. The molecule has 96 valence electrons. The van der Waals surface area contributed by atoms with E-state index in [-0.39, 0.29) is 0 Å². The molecule has 1 atom stereocenters. The van der Waals surface area contributed by atoms with E-state index in [1.165, 1.54) is 14.2 Å². The van der Waals surface area contributed by atoms with Crippen molar-refractivity contribution in [3.8, 4) is 0 Å². The zero-order valence-corrected chi connectivity index (χ0v) is 13.2. The van der Waals surface area contributed by atoms with Crippen LogP contribution in [0.5, 0.6) is 0 Å². The van der Waals surface area contributed by atoms with Gasteiger partial charge in [0.25, 0.3) is 0 Å². The van der Waals surface area contributed by atoms with Gasteiger partial charge in [0, 0.05) is 40.4 Å². The van der Waals surface area contributed by atoms with Crippen LogP contribution < -0.4 is 5.32 Å². The highest BCUT2D eigenvalue weighted by Crippen LogP contribution is 2.38. The van der Waals surface area contributed by atoms with Crippen LogP contribution in [0.4, 0.5) is 0 Å². The molecule has 0 spiro atoms. The van der Waals surface area contributed by atoms with Crippen LogP contribution in [0.1, 0.15) is 15.8 Å². The third-order valence-electron chi connectivity index (χ3n) is 3.22. The lowest BCUT2D eigenvalue weighted by atomic mass is 10.1. The van der Waals surface area contributed by atoms with Crippen molar-refractivity contribution in [3.05, 3.63) is 43.2 Å². The second-order valence-corrected chi connectivity index (χ2v) is 7.12. The van der Waals surface area contributed by atoms with Crippen molar-refractivity contribution in [2.75, 3.05) is 26.2 Å². The van der Waals surface area contributed by atoms with Crippen molar-refractivity contribution in [1.82, 2.24) is 10.2 Å². The van der Waals surface area contributed by atoms with E-state index >= 15 is 0 Å². The Labute approximate surface area is 124 Å². The molecule has 0 bridgehead atoms. The summed E-state index contributed by atoms with van der Waals surface area (Å²) in [4.78, 5) is 5.46. The largest absolute Gasteiger partial charge is 0.314 e. The molecule has 1 aliphatic heterocycles. The molecule has 5 heteroatoms. The first-order valence-corrected chi connectivity index (χ1v) is 8.62. The Kier molecular flexibility index (Phi) is 4.16. The van der Waals surface area contributed by atoms with Gasteiger partial charge < -0.3 is 5.32 Å². The first kappa shape index (κ1) is 12.8. The van der Waals surface area contributed by atoms with E-state index in [1.54, 1.807) is 0 Å². The number of thiophene rings is 2. The number of nitrogens with zero attached hydrogens (tertiary/aromatic N) is 1. The van der Waals surface area contributed by atoms with Crippen LogP contribution in [0.15, 0.2) is 33.4 Å². The van der Waals surface area contributed by atoms with Crippen molar-refractivity contribution < 1.29 is 0 Å². The SMILES string of the molecule is Brc1ccsc1[C@@H](c1cccs1)N1CCNCC1. The molecule has 0 amide bonds. The standard InChI is InChI=1S/C13H15BrN2S2/c14-10-3-9-18-13(10)12(11-2-1-8-17-11)16-6-4-15-5-7-16/h1-3,8-9,12,15H,4-7H2/t12-/m1/s1. The summed E-state index contributed by atoms with van der Waals surface area (Å²) in [5.41, 5.74) is 0. The van der Waals surface area contributed by atoms with Gasteiger partial charge in [0.1, 0.15) is 0 Å². The molecule has 1 fully saturated rings. The summed E-state index contributed by atoms with van der Waals surface area (Å²) in [6.07, 6.45) is 0. The maximum Gasteiger partial charge on any atom is 0.0802 e. The molecule has 2 aromatic rings. The lowest BCUT2D eigenvalue weighted by molar-refractivity contribution is 0.202. The van der Waals surface area contributed by atoms with Crippen LogP contribution in [0.25, 0.3) is 0 Å². The van der Waals surface area contributed by atoms with Gasteiger partial charge in [-0.05, 0) is 38.8 Å². The Hall–Kier alpha value is -0.200. The zero-order chi connectivity index (χ0) is 12.4. The summed E-state index contributed by atoms with van der Waals surface area (Å²) in [6, 6.07) is 6.98. The van der Waals surface area contributed by atoms with Gasteiger partial charge in [0.05, 0.1) is 6.04 Å². The van der Waals surface area contributed by atoms with E-state index < -0.39 is 0 Å². The Morgan fingerprint density at radius 1 is 1.17 bits per heavy atom. The van der Waals surface area contributed by atoms with E-state index in [0.29, 0.717) is 6.04 Å². The van der Waals surface area contributed by atoms with E-state index in [1.807, 2.05) is 22.7 Å². The molecule has 0 aliphatic carbocycles. The monoisotopic (exact) mass is 342 g/mol. The minimum Gasteiger partial charge on any atom is -0.314 e. The zero-order valence-electron chi connectivity index (χ0n) is 9.93. The molecule has 2 nitrogen and oxygen atoms in total. The number of nitrogens with one attached hydrogen (secondary N) is 1. The minimum atomic E-state index is 0.418. The lowest BCUT2D eigenvalue weighted by Gasteiger charge is -2.34. The molecule has 1 N–H and O–H groups in total. The number of hydrogen-bond donors (Lipinski definition) is 1. The Bertz CT molecular complexity index is 489. The summed E-state index contributed by atoms with van der Waals surface area (Å²) in [5, 5.41) is 7.77. The van der Waals surface area contributed by atoms with Gasteiger partial charge in [-0.3, -0.25) is 4.90 Å². The Balaban J connectivity index is 1.96. The number of rotatable bonds is 3. The average Bonchev–Trinajstić information content (AvgIpc) is 3.05. The quantitative estimate of drug-likeness (QED) is 0.917. The first-order chi connectivity index (χ1) is 8.86. The molecule has 0 unspecified atom stereocenters. The van der Waals surface area contributed by atoms with Crippen LogP contribution in [0, 0.1) is 0 Å². The predicted molar refractivity (Wildman–Crippen MR) is 82.6 cm³/mol. The second-order valence-electron chi connectivity index (χ2n) is 4.34. The van der Waals surface area contributed by atoms with Gasteiger partial charge in [0.2, 0.25) is 0 Å². The molecule has 0 radical (unpaired) electrons. The third kappa shape index (κ3) is 2.56. The van der Waals surface area contributed by atoms with Gasteiger partial charge >= 0.3 is 0 Å². The van der Waals surface area contributed by atoms with Crippen molar-refractivity contribution in [2.24, 2.45) is 0 Å². The van der Waals surface area contributed by atoms with Gasteiger partial charge in [-0.2, -0.15) is 0 Å². The summed E-state index contributed by atoms with van der Waals surface area (Å²) >= 11 is 7.39. The topological polar surface area (TPSA) is 15.3 Å². The number of halogens is 1. The highest BCUT2D eigenvalue weighted by Gasteiger charge is 2.27. The van der Waals surface area contributed by atoms with Gasteiger partial charge in [-0.25, -0.2) is 0 Å². The van der Waals surface area contributed by atoms with Gasteiger partial charge in [-0.1, -0.05) is 6.07 Å². The fourth-order valence-electron chi connectivity index (χ4n) is 2.36. The third-order valence-corrected chi connectivity index (χ3v) is 6.07. The minimum absolute atomic E-state index is 0.418. The summed E-state index contributed by atoms with van der Waals surface area (Å²) in [5.74, 6) is 0. The summed E-state index contributed by atoms with van der Waals surface area (Å²) in [6.45, 7) is 4.41. The van der Waals surface area contributed by atoms with E-state index in [4.69, 9.17) is 0 Å².